The van der Waals surface area contributed by atoms with E-state index in [1.54, 1.807) is 0 Å². The van der Waals surface area contributed by atoms with Gasteiger partial charge >= 0.3 is 0 Å². The molecule has 0 aromatic carbocycles. The Kier molecular flexibility index (Phi) is 1.74. The lowest BCUT2D eigenvalue weighted by Crippen LogP contribution is -2.47. The van der Waals surface area contributed by atoms with Crippen LogP contribution in [0.1, 0.15) is 32.1 Å². The van der Waals surface area contributed by atoms with E-state index < -0.39 is 0 Å². The summed E-state index contributed by atoms with van der Waals surface area (Å²) in [6, 6.07) is 0. The second kappa shape index (κ2) is 2.86. The van der Waals surface area contributed by atoms with E-state index in [0.29, 0.717) is 11.8 Å². The molecular weight excluding hydrogens is 172 g/mol. The van der Waals surface area contributed by atoms with Gasteiger partial charge in [-0.3, -0.25) is 4.79 Å². The number of hydrogen-bond acceptors (Lipinski definition) is 1. The maximum Gasteiger partial charge on any atom is 0.208 e. The Morgan fingerprint density at radius 1 is 1.00 bits per heavy atom. The molecule has 0 amide bonds. The van der Waals surface area contributed by atoms with E-state index in [-0.39, 0.29) is 11.7 Å². The van der Waals surface area contributed by atoms with Crippen molar-refractivity contribution in [2.45, 2.75) is 32.1 Å². The van der Waals surface area contributed by atoms with E-state index in [0.717, 1.165) is 11.8 Å². The molecule has 1 nitrogen and oxygen atoms in total. The third kappa shape index (κ3) is 1.06. The van der Waals surface area contributed by atoms with Gasteiger partial charge in [-0.2, -0.15) is 0 Å². The summed E-state index contributed by atoms with van der Waals surface area (Å²) < 4.78 is 0. The van der Waals surface area contributed by atoms with Crippen molar-refractivity contribution in [3.05, 3.63) is 0 Å². The van der Waals surface area contributed by atoms with Gasteiger partial charge in [-0.15, -0.1) is 6.42 Å². The van der Waals surface area contributed by atoms with Crippen LogP contribution in [0.2, 0.25) is 0 Å². The molecule has 0 spiro atoms. The van der Waals surface area contributed by atoms with Crippen LogP contribution in [0, 0.1) is 41.9 Å². The van der Waals surface area contributed by atoms with Crippen LogP contribution in [-0.4, -0.2) is 5.78 Å². The third-order valence-corrected chi connectivity index (χ3v) is 4.67. The Labute approximate surface area is 85.3 Å². The van der Waals surface area contributed by atoms with Gasteiger partial charge in [0.1, 0.15) is 0 Å². The minimum Gasteiger partial charge on any atom is -0.285 e. The zero-order valence-electron chi connectivity index (χ0n) is 8.41. The zero-order chi connectivity index (χ0) is 9.71. The van der Waals surface area contributed by atoms with E-state index in [2.05, 4.69) is 5.92 Å². The SMILES string of the molecule is C#CC(=O)C1C2CC3CC(C2)CC1C3. The van der Waals surface area contributed by atoms with Gasteiger partial charge in [0, 0.05) is 5.92 Å². The summed E-state index contributed by atoms with van der Waals surface area (Å²) >= 11 is 0. The van der Waals surface area contributed by atoms with Gasteiger partial charge in [-0.1, -0.05) is 0 Å². The lowest BCUT2D eigenvalue weighted by atomic mass is 9.51. The van der Waals surface area contributed by atoms with Crippen molar-refractivity contribution >= 4 is 5.78 Å². The summed E-state index contributed by atoms with van der Waals surface area (Å²) in [5, 5.41) is 0. The zero-order valence-corrected chi connectivity index (χ0v) is 8.41. The highest BCUT2D eigenvalue weighted by Crippen LogP contribution is 2.56. The largest absolute Gasteiger partial charge is 0.285 e. The lowest BCUT2D eigenvalue weighted by Gasteiger charge is -2.53. The van der Waals surface area contributed by atoms with Crippen molar-refractivity contribution in [3.8, 4) is 12.3 Å². The molecule has 4 bridgehead atoms. The first kappa shape index (κ1) is 8.53. The van der Waals surface area contributed by atoms with Gasteiger partial charge in [0.05, 0.1) is 0 Å². The van der Waals surface area contributed by atoms with Crippen molar-refractivity contribution in [2.75, 3.05) is 0 Å². The maximum atomic E-state index is 11.7. The van der Waals surface area contributed by atoms with Crippen molar-refractivity contribution in [3.63, 3.8) is 0 Å². The fourth-order valence-corrected chi connectivity index (χ4v) is 4.45. The Morgan fingerprint density at radius 3 is 1.93 bits per heavy atom. The summed E-state index contributed by atoms with van der Waals surface area (Å²) in [6.07, 6.45) is 11.8. The minimum absolute atomic E-state index is 0.0961. The van der Waals surface area contributed by atoms with Crippen LogP contribution in [0.3, 0.4) is 0 Å². The van der Waals surface area contributed by atoms with E-state index in [1.807, 2.05) is 0 Å². The van der Waals surface area contributed by atoms with Gasteiger partial charge < -0.3 is 0 Å². The van der Waals surface area contributed by atoms with E-state index in [9.17, 15) is 4.79 Å². The van der Waals surface area contributed by atoms with E-state index in [1.165, 1.54) is 32.1 Å². The molecule has 0 unspecified atom stereocenters. The number of Topliss-reactive ketones (excluding diaryl/α,β-unsaturated/α-hetero) is 1. The van der Waals surface area contributed by atoms with Gasteiger partial charge in [-0.05, 0) is 61.7 Å². The van der Waals surface area contributed by atoms with Crippen LogP contribution in [0.15, 0.2) is 0 Å². The monoisotopic (exact) mass is 188 g/mol. The molecule has 4 aliphatic rings. The number of rotatable bonds is 1. The molecule has 0 heterocycles. The average Bonchev–Trinajstić information content (AvgIpc) is 2.15. The highest BCUT2D eigenvalue weighted by Gasteiger charge is 2.50. The molecule has 4 aliphatic carbocycles. The normalized spacial score (nSPS) is 48.9. The summed E-state index contributed by atoms with van der Waals surface area (Å²) in [5.74, 6) is 5.85. The molecule has 1 heteroatoms. The Bertz CT molecular complexity index is 282. The van der Waals surface area contributed by atoms with Crippen molar-refractivity contribution in [1.82, 2.24) is 0 Å². The van der Waals surface area contributed by atoms with Crippen molar-refractivity contribution in [1.29, 1.82) is 0 Å². The molecule has 0 aromatic rings. The Balaban J connectivity index is 1.88. The minimum atomic E-state index is 0.0961. The van der Waals surface area contributed by atoms with Crippen molar-refractivity contribution < 1.29 is 4.79 Å². The summed E-state index contributed by atoms with van der Waals surface area (Å²) in [5.41, 5.74) is 0. The molecule has 0 aromatic heterocycles. The van der Waals surface area contributed by atoms with E-state index >= 15 is 0 Å². The predicted molar refractivity (Wildman–Crippen MR) is 54.4 cm³/mol. The van der Waals surface area contributed by atoms with Crippen molar-refractivity contribution in [2.24, 2.45) is 29.6 Å². The van der Waals surface area contributed by atoms with Gasteiger partial charge in [0.15, 0.2) is 0 Å². The Hall–Kier alpha value is -0.770. The number of ketones is 1. The molecule has 0 radical (unpaired) electrons. The fourth-order valence-electron chi connectivity index (χ4n) is 4.45. The van der Waals surface area contributed by atoms with Gasteiger partial charge in [-0.25, -0.2) is 0 Å². The highest BCUT2D eigenvalue weighted by atomic mass is 16.1. The van der Waals surface area contributed by atoms with Gasteiger partial charge in [0.25, 0.3) is 0 Å². The first-order valence-corrected chi connectivity index (χ1v) is 5.78. The number of hydrogen-bond donors (Lipinski definition) is 0. The van der Waals surface area contributed by atoms with E-state index in [4.69, 9.17) is 6.42 Å². The fraction of sp³-hybridized carbons (Fsp3) is 0.769. The molecule has 4 fully saturated rings. The molecular formula is C13H16O. The molecule has 4 rings (SSSR count). The van der Waals surface area contributed by atoms with Crippen LogP contribution in [0.4, 0.5) is 0 Å². The molecule has 14 heavy (non-hydrogen) atoms. The molecule has 0 saturated heterocycles. The Morgan fingerprint density at radius 2 is 1.50 bits per heavy atom. The standard InChI is InChI=1S/C13H16O/c1-2-12(14)13-10-4-8-3-9(6-10)7-11(13)5-8/h1,8-11,13H,3-7H2. The summed E-state index contributed by atoms with van der Waals surface area (Å²) in [6.45, 7) is 0. The summed E-state index contributed by atoms with van der Waals surface area (Å²) in [7, 11) is 0. The topological polar surface area (TPSA) is 17.1 Å². The van der Waals surface area contributed by atoms with Crippen LogP contribution in [-0.2, 0) is 4.79 Å². The molecule has 0 N–H and O–H groups in total. The van der Waals surface area contributed by atoms with Crippen LogP contribution in [0.5, 0.6) is 0 Å². The second-order valence-electron chi connectivity index (χ2n) is 5.47. The molecule has 4 saturated carbocycles. The molecule has 0 atom stereocenters. The van der Waals surface area contributed by atoms with Gasteiger partial charge in [0.2, 0.25) is 5.78 Å². The predicted octanol–water partition coefficient (Wildman–Crippen LogP) is 2.26. The number of carbonyl (C=O) groups excluding carboxylic acids is 1. The molecule has 0 aliphatic heterocycles. The van der Waals surface area contributed by atoms with Crippen LogP contribution < -0.4 is 0 Å². The third-order valence-electron chi connectivity index (χ3n) is 4.67. The summed E-state index contributed by atoms with van der Waals surface area (Å²) in [4.78, 5) is 11.7. The average molecular weight is 188 g/mol. The number of carbonyl (C=O) groups is 1. The first-order chi connectivity index (χ1) is 6.78. The lowest BCUT2D eigenvalue weighted by molar-refractivity contribution is -0.129. The van der Waals surface area contributed by atoms with Crippen LogP contribution in [0.25, 0.3) is 0 Å². The first-order valence-electron chi connectivity index (χ1n) is 5.78. The molecule has 74 valence electrons. The highest BCUT2D eigenvalue weighted by molar-refractivity contribution is 5.97. The maximum absolute atomic E-state index is 11.7. The second-order valence-corrected chi connectivity index (χ2v) is 5.47. The number of terminal acetylenes is 1. The quantitative estimate of drug-likeness (QED) is 0.455. The van der Waals surface area contributed by atoms with Crippen LogP contribution >= 0.6 is 0 Å². The smallest absolute Gasteiger partial charge is 0.208 e.